The molecule has 2 aliphatic rings. The molecule has 0 radical (unpaired) electrons. The van der Waals surface area contributed by atoms with Gasteiger partial charge in [-0.2, -0.15) is 0 Å². The minimum absolute atomic E-state index is 0.0116. The van der Waals surface area contributed by atoms with Gasteiger partial charge >= 0.3 is 0 Å². The third-order valence-corrected chi connectivity index (χ3v) is 6.34. The van der Waals surface area contributed by atoms with Crippen molar-refractivity contribution in [2.75, 3.05) is 42.9 Å². The molecule has 0 aromatic heterocycles. The lowest BCUT2D eigenvalue weighted by Gasteiger charge is -2.30. The van der Waals surface area contributed by atoms with Crippen molar-refractivity contribution in [3.05, 3.63) is 24.3 Å². The summed E-state index contributed by atoms with van der Waals surface area (Å²) in [7, 11) is 0. The molecule has 1 unspecified atom stereocenters. The summed E-state index contributed by atoms with van der Waals surface area (Å²) in [5.74, 6) is 2.47. The predicted molar refractivity (Wildman–Crippen MR) is 126 cm³/mol. The zero-order valence-corrected chi connectivity index (χ0v) is 18.7. The summed E-state index contributed by atoms with van der Waals surface area (Å²) in [6, 6.07) is 7.50. The largest absolute Gasteiger partial charge is 0.371 e. The van der Waals surface area contributed by atoms with Crippen LogP contribution in [0.4, 0.5) is 11.4 Å². The Morgan fingerprint density at radius 3 is 2.61 bits per heavy atom. The van der Waals surface area contributed by atoms with E-state index in [0.29, 0.717) is 13.0 Å². The number of nitrogens with zero attached hydrogens (tertiary/aromatic N) is 2. The summed E-state index contributed by atoms with van der Waals surface area (Å²) in [5.41, 5.74) is 1.93. The summed E-state index contributed by atoms with van der Waals surface area (Å²) in [6.07, 6.45) is 11.9. The zero-order chi connectivity index (χ0) is 22.1. The molecule has 3 rings (SSSR count). The van der Waals surface area contributed by atoms with Gasteiger partial charge in [-0.1, -0.05) is 31.8 Å². The normalized spacial score (nSPS) is 18.4. The summed E-state index contributed by atoms with van der Waals surface area (Å²) < 4.78 is 0. The Kier molecular flexibility index (Phi) is 8.78. The maximum absolute atomic E-state index is 13.0. The maximum Gasteiger partial charge on any atom is 0.246 e. The van der Waals surface area contributed by atoms with Gasteiger partial charge in [-0.15, -0.1) is 6.42 Å². The van der Waals surface area contributed by atoms with E-state index >= 15 is 0 Å². The number of rotatable bonds is 9. The number of terminal acetylenes is 1. The van der Waals surface area contributed by atoms with E-state index in [2.05, 4.69) is 39.3 Å². The molecule has 0 bridgehead atoms. The standard InChI is InChI=1S/C25H36N4O2/c1-3-5-11-23(27-24(30)20-12-17-28(14-4-2)18-13-20)25(31)26-21-9-8-10-22(19-21)29-15-6-7-16-29/h2,8-10,19-20,23H,3,5-7,11-18H2,1H3,(H,26,31)(H,27,30). The number of hydrogen-bond donors (Lipinski definition) is 2. The molecule has 0 saturated carbocycles. The van der Waals surface area contributed by atoms with Gasteiger partial charge < -0.3 is 15.5 Å². The molecule has 2 fully saturated rings. The predicted octanol–water partition coefficient (Wildman–Crippen LogP) is 3.25. The van der Waals surface area contributed by atoms with E-state index in [1.165, 1.54) is 12.8 Å². The molecule has 0 spiro atoms. The minimum Gasteiger partial charge on any atom is -0.371 e. The van der Waals surface area contributed by atoms with Crippen LogP contribution in [0, 0.1) is 18.3 Å². The van der Waals surface area contributed by atoms with Crippen molar-refractivity contribution in [1.29, 1.82) is 0 Å². The monoisotopic (exact) mass is 424 g/mol. The van der Waals surface area contributed by atoms with Crippen LogP contribution in [0.25, 0.3) is 0 Å². The molecular formula is C25H36N4O2. The molecule has 2 saturated heterocycles. The van der Waals surface area contributed by atoms with Crippen LogP contribution in [-0.4, -0.2) is 55.5 Å². The first kappa shape index (κ1) is 23.1. The van der Waals surface area contributed by atoms with Gasteiger partial charge in [-0.25, -0.2) is 0 Å². The summed E-state index contributed by atoms with van der Waals surface area (Å²) in [4.78, 5) is 30.4. The van der Waals surface area contributed by atoms with Gasteiger partial charge in [0, 0.05) is 30.4 Å². The van der Waals surface area contributed by atoms with E-state index in [1.54, 1.807) is 0 Å². The fourth-order valence-corrected chi connectivity index (χ4v) is 4.43. The fraction of sp³-hybridized carbons (Fsp3) is 0.600. The van der Waals surface area contributed by atoms with Crippen LogP contribution in [0.1, 0.15) is 51.9 Å². The van der Waals surface area contributed by atoms with Gasteiger partial charge in [-0.3, -0.25) is 14.5 Å². The van der Waals surface area contributed by atoms with Crippen molar-refractivity contribution in [3.8, 4) is 12.3 Å². The fourth-order valence-electron chi connectivity index (χ4n) is 4.43. The first-order valence-corrected chi connectivity index (χ1v) is 11.7. The highest BCUT2D eigenvalue weighted by molar-refractivity contribution is 5.97. The van der Waals surface area contributed by atoms with Crippen LogP contribution in [0.2, 0.25) is 0 Å². The Morgan fingerprint density at radius 1 is 1.19 bits per heavy atom. The summed E-state index contributed by atoms with van der Waals surface area (Å²) in [5, 5.41) is 6.07. The number of anilines is 2. The number of nitrogens with one attached hydrogen (secondary N) is 2. The SMILES string of the molecule is C#CCN1CCC(C(=O)NC(CCCC)C(=O)Nc2cccc(N3CCCC3)c2)CC1. The van der Waals surface area contributed by atoms with Crippen LogP contribution >= 0.6 is 0 Å². The van der Waals surface area contributed by atoms with Crippen LogP contribution in [0.3, 0.4) is 0 Å². The summed E-state index contributed by atoms with van der Waals surface area (Å²) >= 11 is 0. The number of carbonyl (C=O) groups is 2. The smallest absolute Gasteiger partial charge is 0.246 e. The van der Waals surface area contributed by atoms with Gasteiger partial charge in [-0.05, 0) is 63.4 Å². The second-order valence-electron chi connectivity index (χ2n) is 8.69. The molecule has 1 atom stereocenters. The Balaban J connectivity index is 1.58. The Bertz CT molecular complexity index is 774. The number of likely N-dealkylation sites (tertiary alicyclic amines) is 1. The van der Waals surface area contributed by atoms with E-state index in [4.69, 9.17) is 6.42 Å². The Morgan fingerprint density at radius 2 is 1.94 bits per heavy atom. The first-order valence-electron chi connectivity index (χ1n) is 11.7. The molecule has 31 heavy (non-hydrogen) atoms. The lowest BCUT2D eigenvalue weighted by Crippen LogP contribution is -2.48. The topological polar surface area (TPSA) is 64.7 Å². The van der Waals surface area contributed by atoms with Crippen LogP contribution in [-0.2, 0) is 9.59 Å². The summed E-state index contributed by atoms with van der Waals surface area (Å²) in [6.45, 7) is 6.51. The zero-order valence-electron chi connectivity index (χ0n) is 18.7. The average molecular weight is 425 g/mol. The Labute approximate surface area is 186 Å². The third kappa shape index (κ3) is 6.73. The molecule has 2 heterocycles. The highest BCUT2D eigenvalue weighted by atomic mass is 16.2. The van der Waals surface area contributed by atoms with E-state index in [-0.39, 0.29) is 17.7 Å². The molecular weight excluding hydrogens is 388 g/mol. The lowest BCUT2D eigenvalue weighted by molar-refractivity contribution is -0.130. The van der Waals surface area contributed by atoms with Gasteiger partial charge in [0.1, 0.15) is 6.04 Å². The average Bonchev–Trinajstić information content (AvgIpc) is 3.32. The van der Waals surface area contributed by atoms with E-state index in [1.807, 2.05) is 18.2 Å². The number of benzene rings is 1. The number of hydrogen-bond acceptors (Lipinski definition) is 4. The maximum atomic E-state index is 13.0. The molecule has 1 aromatic carbocycles. The van der Waals surface area contributed by atoms with Crippen LogP contribution in [0.15, 0.2) is 24.3 Å². The van der Waals surface area contributed by atoms with E-state index < -0.39 is 6.04 Å². The second-order valence-corrected chi connectivity index (χ2v) is 8.69. The molecule has 2 N–H and O–H groups in total. The van der Waals surface area contributed by atoms with E-state index in [0.717, 1.165) is 63.2 Å². The number of carbonyl (C=O) groups excluding carboxylic acids is 2. The van der Waals surface area contributed by atoms with Gasteiger partial charge in [0.15, 0.2) is 0 Å². The van der Waals surface area contributed by atoms with Crippen molar-refractivity contribution < 1.29 is 9.59 Å². The molecule has 1 aromatic rings. The molecule has 168 valence electrons. The van der Waals surface area contributed by atoms with E-state index in [9.17, 15) is 9.59 Å². The van der Waals surface area contributed by atoms with Crippen molar-refractivity contribution >= 4 is 23.2 Å². The van der Waals surface area contributed by atoms with Gasteiger partial charge in [0.2, 0.25) is 11.8 Å². The minimum atomic E-state index is -0.508. The van der Waals surface area contributed by atoms with Crippen molar-refractivity contribution in [3.63, 3.8) is 0 Å². The molecule has 0 aliphatic carbocycles. The lowest BCUT2D eigenvalue weighted by atomic mass is 9.95. The van der Waals surface area contributed by atoms with Crippen molar-refractivity contribution in [1.82, 2.24) is 10.2 Å². The highest BCUT2D eigenvalue weighted by Crippen LogP contribution is 2.24. The van der Waals surface area contributed by atoms with Crippen molar-refractivity contribution in [2.24, 2.45) is 5.92 Å². The number of unbranched alkanes of at least 4 members (excludes halogenated alkanes) is 1. The molecule has 2 aliphatic heterocycles. The van der Waals surface area contributed by atoms with Gasteiger partial charge in [0.25, 0.3) is 0 Å². The number of amides is 2. The van der Waals surface area contributed by atoms with Crippen LogP contribution < -0.4 is 15.5 Å². The molecule has 2 amide bonds. The molecule has 6 heteroatoms. The quantitative estimate of drug-likeness (QED) is 0.598. The first-order chi connectivity index (χ1) is 15.1. The van der Waals surface area contributed by atoms with Gasteiger partial charge in [0.05, 0.1) is 6.54 Å². The second kappa shape index (κ2) is 11.8. The van der Waals surface area contributed by atoms with Crippen molar-refractivity contribution in [2.45, 2.75) is 57.9 Å². The Hall–Kier alpha value is -2.52. The highest BCUT2D eigenvalue weighted by Gasteiger charge is 2.28. The molecule has 6 nitrogen and oxygen atoms in total. The van der Waals surface area contributed by atoms with Crippen LogP contribution in [0.5, 0.6) is 0 Å². The number of piperidine rings is 1. The third-order valence-electron chi connectivity index (χ3n) is 6.34.